The molecule has 0 atom stereocenters. The first-order valence-corrected chi connectivity index (χ1v) is 7.70. The molecule has 4 heteroatoms. The molecule has 0 saturated carbocycles. The maximum Gasteiger partial charge on any atom is 0.165 e. The summed E-state index contributed by atoms with van der Waals surface area (Å²) in [5.41, 5.74) is 1.21. The van der Waals surface area contributed by atoms with Gasteiger partial charge in [-0.1, -0.05) is 46.3 Å². The van der Waals surface area contributed by atoms with Gasteiger partial charge in [-0.15, -0.1) is 0 Å². The topological polar surface area (TPSA) is 20.3 Å². The van der Waals surface area contributed by atoms with Crippen LogP contribution in [0.4, 0.5) is 10.1 Å². The minimum atomic E-state index is -0.257. The van der Waals surface area contributed by atoms with E-state index in [0.717, 1.165) is 4.47 Å². The molecule has 0 bridgehead atoms. The molecular weight excluding hydrogens is 333 g/mol. The molecule has 0 aliphatic rings. The normalized spacial score (nSPS) is 10.4. The molecule has 0 unspecified atom stereocenters. The zero-order valence-corrected chi connectivity index (χ0v) is 13.4. The summed E-state index contributed by atoms with van der Waals surface area (Å²) < 4.78 is 14.6. The molecule has 0 radical (unpaired) electrons. The van der Waals surface area contributed by atoms with Crippen molar-refractivity contribution in [3.63, 3.8) is 0 Å². The molecule has 110 valence electrons. The molecule has 0 N–H and O–H groups in total. The molecule has 0 aromatic heterocycles. The van der Waals surface area contributed by atoms with Gasteiger partial charge in [-0.3, -0.25) is 4.79 Å². The zero-order chi connectivity index (χ0) is 15.2. The van der Waals surface area contributed by atoms with E-state index >= 15 is 0 Å². The monoisotopic (exact) mass is 349 g/mol. The Labute approximate surface area is 132 Å². The van der Waals surface area contributed by atoms with Crippen LogP contribution in [0, 0.1) is 5.82 Å². The SMILES string of the molecule is CCN(CCC(=O)c1ccccc1Br)c1ccccc1F. The Morgan fingerprint density at radius 2 is 1.81 bits per heavy atom. The minimum Gasteiger partial charge on any atom is -0.369 e. The van der Waals surface area contributed by atoms with E-state index in [1.165, 1.54) is 6.07 Å². The lowest BCUT2D eigenvalue weighted by atomic mass is 10.1. The van der Waals surface area contributed by atoms with Crippen molar-refractivity contribution in [3.8, 4) is 0 Å². The Bertz CT molecular complexity index is 630. The Balaban J connectivity index is 2.06. The predicted octanol–water partition coefficient (Wildman–Crippen LogP) is 4.69. The molecule has 0 aliphatic heterocycles. The highest BCUT2D eigenvalue weighted by molar-refractivity contribution is 9.10. The van der Waals surface area contributed by atoms with E-state index in [1.54, 1.807) is 24.3 Å². The minimum absolute atomic E-state index is 0.0530. The van der Waals surface area contributed by atoms with Crippen molar-refractivity contribution >= 4 is 27.4 Å². The van der Waals surface area contributed by atoms with Crippen molar-refractivity contribution in [2.24, 2.45) is 0 Å². The molecule has 21 heavy (non-hydrogen) atoms. The lowest BCUT2D eigenvalue weighted by Gasteiger charge is -2.23. The van der Waals surface area contributed by atoms with Gasteiger partial charge in [0.25, 0.3) is 0 Å². The first-order valence-electron chi connectivity index (χ1n) is 6.90. The summed E-state index contributed by atoms with van der Waals surface area (Å²) in [6.45, 7) is 3.11. The van der Waals surface area contributed by atoms with Crippen molar-refractivity contribution in [1.29, 1.82) is 0 Å². The largest absolute Gasteiger partial charge is 0.369 e. The molecule has 0 saturated heterocycles. The number of rotatable bonds is 6. The van der Waals surface area contributed by atoms with Gasteiger partial charge < -0.3 is 4.90 Å². The first kappa shape index (κ1) is 15.7. The standard InChI is InChI=1S/C17H17BrFNO/c1-2-20(16-10-6-5-9-15(16)19)12-11-17(21)13-7-3-4-8-14(13)18/h3-10H,2,11-12H2,1H3. The molecule has 2 aromatic rings. The van der Waals surface area contributed by atoms with Gasteiger partial charge in [-0.25, -0.2) is 4.39 Å². The molecule has 0 spiro atoms. The number of Topliss-reactive ketones (excluding diaryl/α,β-unsaturated/α-hetero) is 1. The summed E-state index contributed by atoms with van der Waals surface area (Å²) >= 11 is 3.38. The van der Waals surface area contributed by atoms with Crippen LogP contribution >= 0.6 is 15.9 Å². The van der Waals surface area contributed by atoms with Crippen LogP contribution < -0.4 is 4.90 Å². The molecule has 0 aliphatic carbocycles. The predicted molar refractivity (Wildman–Crippen MR) is 87.4 cm³/mol. The van der Waals surface area contributed by atoms with E-state index in [-0.39, 0.29) is 11.6 Å². The van der Waals surface area contributed by atoms with Crippen LogP contribution in [0.15, 0.2) is 53.0 Å². The summed E-state index contributed by atoms with van der Waals surface area (Å²) in [6.07, 6.45) is 0.352. The fourth-order valence-electron chi connectivity index (χ4n) is 2.22. The van der Waals surface area contributed by atoms with Gasteiger partial charge in [0.1, 0.15) is 5.82 Å². The van der Waals surface area contributed by atoms with Gasteiger partial charge in [0.2, 0.25) is 0 Å². The highest BCUT2D eigenvalue weighted by Crippen LogP contribution is 2.21. The number of anilines is 1. The molecule has 2 rings (SSSR count). The smallest absolute Gasteiger partial charge is 0.165 e. The molecular formula is C17H17BrFNO. The van der Waals surface area contributed by atoms with Crippen LogP contribution in [-0.4, -0.2) is 18.9 Å². The molecule has 2 aromatic carbocycles. The van der Waals surface area contributed by atoms with E-state index in [0.29, 0.717) is 30.8 Å². The van der Waals surface area contributed by atoms with Gasteiger partial charge >= 0.3 is 0 Å². The summed E-state index contributed by atoms with van der Waals surface area (Å²) in [5, 5.41) is 0. The van der Waals surface area contributed by atoms with Crippen LogP contribution in [0.25, 0.3) is 0 Å². The average Bonchev–Trinajstić information content (AvgIpc) is 2.49. The number of hydrogen-bond acceptors (Lipinski definition) is 2. The third-order valence-electron chi connectivity index (χ3n) is 3.36. The second kappa shape index (κ2) is 7.36. The maximum absolute atomic E-state index is 13.8. The number of nitrogens with zero attached hydrogens (tertiary/aromatic N) is 1. The van der Waals surface area contributed by atoms with Crippen LogP contribution in [0.5, 0.6) is 0 Å². The summed E-state index contributed by atoms with van der Waals surface area (Å²) in [7, 11) is 0. The van der Waals surface area contributed by atoms with E-state index in [1.807, 2.05) is 30.0 Å². The Hall–Kier alpha value is -1.68. The van der Waals surface area contributed by atoms with Crippen LogP contribution in [0.2, 0.25) is 0 Å². The lowest BCUT2D eigenvalue weighted by Crippen LogP contribution is -2.26. The van der Waals surface area contributed by atoms with Gasteiger partial charge in [0, 0.05) is 29.5 Å². The second-order valence-corrected chi connectivity index (χ2v) is 5.54. The Morgan fingerprint density at radius 1 is 1.14 bits per heavy atom. The maximum atomic E-state index is 13.8. The number of hydrogen-bond donors (Lipinski definition) is 0. The third-order valence-corrected chi connectivity index (χ3v) is 4.05. The van der Waals surface area contributed by atoms with Crippen LogP contribution in [-0.2, 0) is 0 Å². The molecule has 2 nitrogen and oxygen atoms in total. The number of carbonyl (C=O) groups excluding carboxylic acids is 1. The quantitative estimate of drug-likeness (QED) is 0.705. The number of halogens is 2. The number of benzene rings is 2. The van der Waals surface area contributed by atoms with E-state index in [2.05, 4.69) is 15.9 Å². The number of carbonyl (C=O) groups is 1. The zero-order valence-electron chi connectivity index (χ0n) is 11.9. The molecule has 0 fully saturated rings. The lowest BCUT2D eigenvalue weighted by molar-refractivity contribution is 0.0984. The van der Waals surface area contributed by atoms with Crippen LogP contribution in [0.1, 0.15) is 23.7 Å². The Kier molecular flexibility index (Phi) is 5.51. The van der Waals surface area contributed by atoms with Crippen molar-refractivity contribution in [2.75, 3.05) is 18.0 Å². The highest BCUT2D eigenvalue weighted by atomic mass is 79.9. The summed E-state index contributed by atoms with van der Waals surface area (Å²) in [5.74, 6) is -0.204. The highest BCUT2D eigenvalue weighted by Gasteiger charge is 2.13. The van der Waals surface area contributed by atoms with Crippen LogP contribution in [0.3, 0.4) is 0 Å². The second-order valence-electron chi connectivity index (χ2n) is 4.68. The number of para-hydroxylation sites is 1. The van der Waals surface area contributed by atoms with Crippen molar-refractivity contribution in [3.05, 3.63) is 64.4 Å². The summed E-state index contributed by atoms with van der Waals surface area (Å²) in [6, 6.07) is 14.0. The van der Waals surface area contributed by atoms with E-state index in [4.69, 9.17) is 0 Å². The van der Waals surface area contributed by atoms with Gasteiger partial charge in [-0.05, 0) is 25.1 Å². The third kappa shape index (κ3) is 3.91. The fraction of sp³-hybridized carbons (Fsp3) is 0.235. The van der Waals surface area contributed by atoms with Gasteiger partial charge in [-0.2, -0.15) is 0 Å². The van der Waals surface area contributed by atoms with Crippen molar-refractivity contribution in [2.45, 2.75) is 13.3 Å². The van der Waals surface area contributed by atoms with E-state index < -0.39 is 0 Å². The Morgan fingerprint density at radius 3 is 2.48 bits per heavy atom. The van der Waals surface area contributed by atoms with Crippen molar-refractivity contribution < 1.29 is 9.18 Å². The van der Waals surface area contributed by atoms with Crippen molar-refractivity contribution in [1.82, 2.24) is 0 Å². The number of ketones is 1. The molecule has 0 amide bonds. The van der Waals surface area contributed by atoms with Gasteiger partial charge in [0.05, 0.1) is 5.69 Å². The first-order chi connectivity index (χ1) is 10.1. The summed E-state index contributed by atoms with van der Waals surface area (Å²) in [4.78, 5) is 14.1. The fourth-order valence-corrected chi connectivity index (χ4v) is 2.72. The van der Waals surface area contributed by atoms with Gasteiger partial charge in [0.15, 0.2) is 5.78 Å². The van der Waals surface area contributed by atoms with E-state index in [9.17, 15) is 9.18 Å². The molecule has 0 heterocycles. The average molecular weight is 350 g/mol.